The summed E-state index contributed by atoms with van der Waals surface area (Å²) in [6, 6.07) is 137. The van der Waals surface area contributed by atoms with Gasteiger partial charge in [-0.2, -0.15) is 0 Å². The molecular formula is C95H66N2. The summed E-state index contributed by atoms with van der Waals surface area (Å²) < 4.78 is 0. The molecule has 456 valence electrons. The van der Waals surface area contributed by atoms with E-state index < -0.39 is 10.8 Å². The Morgan fingerprint density at radius 1 is 0.186 bits per heavy atom. The molecule has 0 amide bonds. The Morgan fingerprint density at radius 3 is 1.01 bits per heavy atom. The summed E-state index contributed by atoms with van der Waals surface area (Å²) in [4.78, 5) is 5.12. The fourth-order valence-corrected chi connectivity index (χ4v) is 17.7. The van der Waals surface area contributed by atoms with Gasteiger partial charge in [0.05, 0.1) is 27.9 Å². The van der Waals surface area contributed by atoms with E-state index in [-0.39, 0.29) is 5.41 Å². The van der Waals surface area contributed by atoms with Gasteiger partial charge in [0.1, 0.15) is 0 Å². The second-order valence-corrected chi connectivity index (χ2v) is 26.9. The topological polar surface area (TPSA) is 6.48 Å². The molecule has 4 aliphatic carbocycles. The first kappa shape index (κ1) is 56.4. The SMILES string of the molecule is CC1(C)c2ccccc2-c2ccc(N(c3ccc(N(c4ccc5c(c4)C(c4ccccc4)(c4ccccc4)c4ccccc4-5)c4ccccc4-c4ccccc4)c(-c4ccc5c(c4)C4(c6ccccc6-c6ccccc64)c4ccccc4-5)c3)c3ccccc3-c3ccccc3)cc21. The van der Waals surface area contributed by atoms with E-state index in [1.807, 2.05) is 0 Å². The number of benzene rings is 15. The van der Waals surface area contributed by atoms with E-state index in [2.05, 4.69) is 388 Å². The van der Waals surface area contributed by atoms with E-state index >= 15 is 0 Å². The third kappa shape index (κ3) is 8.27. The van der Waals surface area contributed by atoms with Gasteiger partial charge >= 0.3 is 0 Å². The Hall–Kier alpha value is -12.1. The molecule has 4 aliphatic rings. The van der Waals surface area contributed by atoms with Crippen LogP contribution in [0.3, 0.4) is 0 Å². The molecule has 0 bridgehead atoms. The molecule has 0 aliphatic heterocycles. The van der Waals surface area contributed by atoms with E-state index in [1.54, 1.807) is 0 Å². The van der Waals surface area contributed by atoms with Crippen molar-refractivity contribution in [2.75, 3.05) is 9.80 Å². The molecule has 15 aromatic rings. The number of nitrogens with zero attached hydrogens (tertiary/aromatic N) is 2. The van der Waals surface area contributed by atoms with E-state index in [0.717, 1.165) is 67.5 Å². The molecule has 0 aromatic heterocycles. The number of anilines is 6. The standard InChI is InChI=1S/C95H66N2/c1-93(2)82-44-22-15-39-73(82)78-56-52-69(61-87(78)93)96(90-49-27-20-37-71(90)63-29-7-3-8-30-63)68-54-58-92(81(60-68)65-51-55-79-77-43-19-26-48-86(77)95(88(79)59-65)84-46-24-17-40-74(84)75-41-18-25-47-85(75)95)97(91-50-28-21-38-72(91)64-31-9-4-10-32-64)70-53-57-80-76-42-16-23-45-83(76)94(89(80)62-70,66-33-11-5-12-34-66)67-35-13-6-14-36-67/h3-62H,1-2H3. The predicted molar refractivity (Wildman–Crippen MR) is 403 cm³/mol. The average molecular weight is 1240 g/mol. The number of hydrogen-bond donors (Lipinski definition) is 0. The Bertz CT molecular complexity index is 5530. The number of fused-ring (bicyclic) bond motifs is 16. The van der Waals surface area contributed by atoms with Crippen LogP contribution >= 0.6 is 0 Å². The third-order valence-electron chi connectivity index (χ3n) is 21.8. The van der Waals surface area contributed by atoms with Gasteiger partial charge in [0.2, 0.25) is 0 Å². The lowest BCUT2D eigenvalue weighted by Crippen LogP contribution is -2.28. The lowest BCUT2D eigenvalue weighted by molar-refractivity contribution is 0.660. The minimum Gasteiger partial charge on any atom is -0.310 e. The summed E-state index contributed by atoms with van der Waals surface area (Å²) in [5, 5.41) is 0. The maximum absolute atomic E-state index is 2.58. The highest BCUT2D eigenvalue weighted by molar-refractivity contribution is 6.01. The zero-order chi connectivity index (χ0) is 64.4. The fourth-order valence-electron chi connectivity index (χ4n) is 17.7. The van der Waals surface area contributed by atoms with Crippen molar-refractivity contribution < 1.29 is 0 Å². The fraction of sp³-hybridized carbons (Fsp3) is 0.0526. The first-order valence-electron chi connectivity index (χ1n) is 34.0. The Morgan fingerprint density at radius 2 is 0.505 bits per heavy atom. The molecule has 0 fully saturated rings. The van der Waals surface area contributed by atoms with Crippen molar-refractivity contribution in [3.05, 3.63) is 420 Å². The van der Waals surface area contributed by atoms with Gasteiger partial charge in [-0.05, 0) is 177 Å². The van der Waals surface area contributed by atoms with Crippen molar-refractivity contribution in [1.29, 1.82) is 0 Å². The van der Waals surface area contributed by atoms with Crippen molar-refractivity contribution >= 4 is 34.1 Å². The molecule has 97 heavy (non-hydrogen) atoms. The zero-order valence-corrected chi connectivity index (χ0v) is 54.0. The van der Waals surface area contributed by atoms with Crippen LogP contribution in [0.25, 0.3) is 77.9 Å². The van der Waals surface area contributed by atoms with Gasteiger partial charge in [0.25, 0.3) is 0 Å². The van der Waals surface area contributed by atoms with Gasteiger partial charge < -0.3 is 9.80 Å². The monoisotopic (exact) mass is 1230 g/mol. The van der Waals surface area contributed by atoms with Crippen molar-refractivity contribution in [1.82, 2.24) is 0 Å². The van der Waals surface area contributed by atoms with E-state index in [1.165, 1.54) is 100 Å². The highest BCUT2D eigenvalue weighted by atomic mass is 15.2. The number of rotatable bonds is 11. The Kier molecular flexibility index (Phi) is 12.8. The van der Waals surface area contributed by atoms with Crippen molar-refractivity contribution in [2.24, 2.45) is 0 Å². The van der Waals surface area contributed by atoms with Crippen molar-refractivity contribution in [3.8, 4) is 77.9 Å². The van der Waals surface area contributed by atoms with Gasteiger partial charge in [-0.25, -0.2) is 0 Å². The quantitative estimate of drug-likeness (QED) is 0.127. The molecule has 2 nitrogen and oxygen atoms in total. The second-order valence-electron chi connectivity index (χ2n) is 26.9. The Balaban J connectivity index is 0.924. The van der Waals surface area contributed by atoms with Gasteiger partial charge in [-0.15, -0.1) is 0 Å². The summed E-state index contributed by atoms with van der Waals surface area (Å²) in [5.41, 5.74) is 34.7. The summed E-state index contributed by atoms with van der Waals surface area (Å²) in [6.07, 6.45) is 0. The molecule has 0 saturated heterocycles. The molecule has 0 heterocycles. The molecule has 0 unspecified atom stereocenters. The van der Waals surface area contributed by atoms with Crippen LogP contribution in [-0.2, 0) is 16.2 Å². The van der Waals surface area contributed by atoms with Crippen LogP contribution in [-0.4, -0.2) is 0 Å². The van der Waals surface area contributed by atoms with Crippen LogP contribution < -0.4 is 9.80 Å². The lowest BCUT2D eigenvalue weighted by Gasteiger charge is -2.36. The maximum atomic E-state index is 2.58. The minimum absolute atomic E-state index is 0.237. The molecule has 0 atom stereocenters. The molecule has 0 radical (unpaired) electrons. The van der Waals surface area contributed by atoms with Gasteiger partial charge in [0, 0.05) is 39.2 Å². The molecular weight excluding hydrogens is 1170 g/mol. The molecule has 19 rings (SSSR count). The predicted octanol–water partition coefficient (Wildman–Crippen LogP) is 24.6. The number of hydrogen-bond acceptors (Lipinski definition) is 2. The van der Waals surface area contributed by atoms with Crippen LogP contribution in [0.4, 0.5) is 34.1 Å². The zero-order valence-electron chi connectivity index (χ0n) is 54.0. The van der Waals surface area contributed by atoms with Crippen LogP contribution in [0.15, 0.2) is 364 Å². The first-order valence-corrected chi connectivity index (χ1v) is 34.0. The molecule has 0 saturated carbocycles. The summed E-state index contributed by atoms with van der Waals surface area (Å²) in [7, 11) is 0. The minimum atomic E-state index is -0.641. The van der Waals surface area contributed by atoms with Gasteiger partial charge in [0.15, 0.2) is 0 Å². The average Bonchev–Trinajstić information content (AvgIpc) is 1.52. The molecule has 0 N–H and O–H groups in total. The highest BCUT2D eigenvalue weighted by Crippen LogP contribution is 2.64. The van der Waals surface area contributed by atoms with Crippen LogP contribution in [0, 0.1) is 0 Å². The van der Waals surface area contributed by atoms with Gasteiger partial charge in [-0.1, -0.05) is 317 Å². The van der Waals surface area contributed by atoms with E-state index in [9.17, 15) is 0 Å². The highest BCUT2D eigenvalue weighted by Gasteiger charge is 2.52. The summed E-state index contributed by atoms with van der Waals surface area (Å²) >= 11 is 0. The van der Waals surface area contributed by atoms with Crippen molar-refractivity contribution in [3.63, 3.8) is 0 Å². The van der Waals surface area contributed by atoms with Crippen LogP contribution in [0.2, 0.25) is 0 Å². The lowest BCUT2D eigenvalue weighted by atomic mass is 9.67. The van der Waals surface area contributed by atoms with Crippen molar-refractivity contribution in [2.45, 2.75) is 30.1 Å². The second kappa shape index (κ2) is 22.0. The first-order chi connectivity index (χ1) is 47.9. The van der Waals surface area contributed by atoms with Crippen LogP contribution in [0.1, 0.15) is 69.5 Å². The molecule has 2 heteroatoms. The normalized spacial score (nSPS) is 13.9. The molecule has 15 aromatic carbocycles. The van der Waals surface area contributed by atoms with Crippen LogP contribution in [0.5, 0.6) is 0 Å². The maximum Gasteiger partial charge on any atom is 0.0725 e. The third-order valence-corrected chi connectivity index (χ3v) is 21.8. The van der Waals surface area contributed by atoms with Gasteiger partial charge in [-0.3, -0.25) is 0 Å². The molecule has 1 spiro atoms. The largest absolute Gasteiger partial charge is 0.310 e. The summed E-state index contributed by atoms with van der Waals surface area (Å²) in [5.74, 6) is 0. The number of para-hydroxylation sites is 2. The van der Waals surface area contributed by atoms with E-state index in [4.69, 9.17) is 0 Å². The smallest absolute Gasteiger partial charge is 0.0725 e. The Labute approximate surface area is 568 Å². The van der Waals surface area contributed by atoms with E-state index in [0.29, 0.717) is 0 Å². The summed E-state index contributed by atoms with van der Waals surface area (Å²) in [6.45, 7) is 4.78.